The Labute approximate surface area is 258 Å². The average molecular weight is 592 g/mol. The van der Waals surface area contributed by atoms with E-state index in [0.717, 1.165) is 25.0 Å². The lowest BCUT2D eigenvalue weighted by Crippen LogP contribution is -2.42. The number of fused-ring (bicyclic) bond motifs is 4. The third kappa shape index (κ3) is 5.77. The van der Waals surface area contributed by atoms with Crippen molar-refractivity contribution in [1.82, 2.24) is 4.90 Å². The Morgan fingerprint density at radius 2 is 1.66 bits per heavy atom. The summed E-state index contributed by atoms with van der Waals surface area (Å²) >= 11 is 0. The van der Waals surface area contributed by atoms with Crippen LogP contribution in [0.25, 0.3) is 11.1 Å². The molecule has 2 aromatic carbocycles. The van der Waals surface area contributed by atoms with Crippen LogP contribution in [-0.2, 0) is 28.5 Å². The van der Waals surface area contributed by atoms with E-state index >= 15 is 0 Å². The average Bonchev–Trinajstić information content (AvgIpc) is 3.60. The first-order valence-electron chi connectivity index (χ1n) is 15.5. The number of benzene rings is 2. The molecule has 3 heterocycles. The van der Waals surface area contributed by atoms with Gasteiger partial charge in [-0.25, -0.2) is 4.79 Å². The number of cyclic esters (lactones) is 1. The third-order valence-corrected chi connectivity index (χ3v) is 8.81. The number of carbonyl (C=O) groups excluding carboxylic acids is 1. The second kappa shape index (κ2) is 12.7. The zero-order chi connectivity index (χ0) is 29.9. The van der Waals surface area contributed by atoms with E-state index in [-0.39, 0.29) is 30.4 Å². The first-order chi connectivity index (χ1) is 21.7. The Morgan fingerprint density at radius 1 is 0.909 bits per heavy atom. The van der Waals surface area contributed by atoms with Crippen LogP contribution in [0.2, 0.25) is 0 Å². The largest absolute Gasteiger partial charge is 0.491 e. The van der Waals surface area contributed by atoms with Crippen LogP contribution in [0.5, 0.6) is 0 Å². The molecule has 2 saturated heterocycles. The van der Waals surface area contributed by atoms with Gasteiger partial charge in [-0.3, -0.25) is 0 Å². The van der Waals surface area contributed by atoms with Gasteiger partial charge in [-0.2, -0.15) is 0 Å². The minimum Gasteiger partial charge on any atom is -0.491 e. The fourth-order valence-corrected chi connectivity index (χ4v) is 6.72. The minimum atomic E-state index is -0.482. The summed E-state index contributed by atoms with van der Waals surface area (Å²) in [7, 11) is 0. The van der Waals surface area contributed by atoms with Gasteiger partial charge in [-0.15, -0.1) is 0 Å². The SMILES string of the molecule is C=CC1=C(OCC2c3ccccc3-c3ccccc32)N2C[C@H](OC3CCCC(COC4=C/C=C\C=C/C=C\4)O3)C[C@H]2C(=O)O1. The zero-order valence-electron chi connectivity index (χ0n) is 24.7. The predicted molar refractivity (Wildman–Crippen MR) is 167 cm³/mol. The summed E-state index contributed by atoms with van der Waals surface area (Å²) in [4.78, 5) is 15.0. The lowest BCUT2D eigenvalue weighted by molar-refractivity contribution is -0.219. The molecule has 7 rings (SSSR count). The van der Waals surface area contributed by atoms with Crippen molar-refractivity contribution in [3.63, 3.8) is 0 Å². The summed E-state index contributed by atoms with van der Waals surface area (Å²) in [6.07, 6.45) is 17.8. The molecule has 0 spiro atoms. The monoisotopic (exact) mass is 591 g/mol. The van der Waals surface area contributed by atoms with Gasteiger partial charge in [0.15, 0.2) is 12.0 Å². The number of nitrogens with zero attached hydrogens (tertiary/aromatic N) is 1. The normalized spacial score (nSPS) is 29.2. The van der Waals surface area contributed by atoms with Gasteiger partial charge in [-0.05, 0) is 59.7 Å². The maximum absolute atomic E-state index is 13.0. The highest BCUT2D eigenvalue weighted by Crippen LogP contribution is 2.45. The number of hydrogen-bond acceptors (Lipinski definition) is 7. The van der Waals surface area contributed by atoms with E-state index in [9.17, 15) is 4.79 Å². The Kier molecular flexibility index (Phi) is 8.22. The van der Waals surface area contributed by atoms with Gasteiger partial charge in [0.25, 0.3) is 0 Å². The Hall–Kier alpha value is -4.33. The van der Waals surface area contributed by atoms with E-state index in [1.165, 1.54) is 22.3 Å². The highest BCUT2D eigenvalue weighted by Gasteiger charge is 2.46. The highest BCUT2D eigenvalue weighted by molar-refractivity contribution is 5.80. The molecule has 2 aromatic rings. The van der Waals surface area contributed by atoms with Crippen molar-refractivity contribution in [2.45, 2.75) is 56.1 Å². The first-order valence-corrected chi connectivity index (χ1v) is 15.5. The molecule has 2 aliphatic carbocycles. The summed E-state index contributed by atoms with van der Waals surface area (Å²) in [5.74, 6) is 1.45. The van der Waals surface area contributed by atoms with Crippen LogP contribution < -0.4 is 0 Å². The summed E-state index contributed by atoms with van der Waals surface area (Å²) in [5, 5.41) is 0. The van der Waals surface area contributed by atoms with Crippen LogP contribution in [0.1, 0.15) is 42.7 Å². The summed E-state index contributed by atoms with van der Waals surface area (Å²) in [6.45, 7) is 5.27. The van der Waals surface area contributed by atoms with Gasteiger partial charge in [0.2, 0.25) is 5.88 Å². The number of carbonyl (C=O) groups is 1. The van der Waals surface area contributed by atoms with Crippen molar-refractivity contribution >= 4 is 5.97 Å². The number of ether oxygens (including phenoxy) is 5. The van der Waals surface area contributed by atoms with E-state index in [0.29, 0.717) is 37.8 Å². The Bertz CT molecular complexity index is 1520. The zero-order valence-corrected chi connectivity index (χ0v) is 24.7. The van der Waals surface area contributed by atoms with Crippen molar-refractivity contribution in [3.8, 4) is 11.1 Å². The molecule has 3 aliphatic heterocycles. The van der Waals surface area contributed by atoms with Crippen molar-refractivity contribution in [2.24, 2.45) is 0 Å². The van der Waals surface area contributed by atoms with Crippen molar-refractivity contribution in [3.05, 3.63) is 132 Å². The summed E-state index contributed by atoms with van der Waals surface area (Å²) in [6, 6.07) is 16.4. The summed E-state index contributed by atoms with van der Waals surface area (Å²) < 4.78 is 31.0. The molecule has 4 atom stereocenters. The van der Waals surface area contributed by atoms with E-state index in [4.69, 9.17) is 23.7 Å². The molecule has 0 radical (unpaired) electrons. The van der Waals surface area contributed by atoms with Gasteiger partial charge in [0.05, 0.1) is 12.2 Å². The molecular formula is C37H37NO6. The van der Waals surface area contributed by atoms with Crippen LogP contribution in [0, 0.1) is 0 Å². The molecule has 44 heavy (non-hydrogen) atoms. The molecule has 0 saturated carbocycles. The van der Waals surface area contributed by atoms with Gasteiger partial charge >= 0.3 is 5.97 Å². The van der Waals surface area contributed by atoms with E-state index in [1.807, 2.05) is 47.4 Å². The van der Waals surface area contributed by atoms with Gasteiger partial charge in [0.1, 0.15) is 25.0 Å². The van der Waals surface area contributed by atoms with Crippen LogP contribution in [-0.4, -0.2) is 55.2 Å². The predicted octanol–water partition coefficient (Wildman–Crippen LogP) is 6.66. The Balaban J connectivity index is 1.00. The van der Waals surface area contributed by atoms with E-state index < -0.39 is 6.04 Å². The lowest BCUT2D eigenvalue weighted by atomic mass is 9.98. The molecule has 0 N–H and O–H groups in total. The number of hydrogen-bond donors (Lipinski definition) is 0. The number of rotatable bonds is 9. The van der Waals surface area contributed by atoms with Crippen LogP contribution >= 0.6 is 0 Å². The van der Waals surface area contributed by atoms with Crippen LogP contribution in [0.3, 0.4) is 0 Å². The third-order valence-electron chi connectivity index (χ3n) is 8.81. The standard InChI is InChI=1S/C37H37NO6/c1-2-34-36(41-24-32-30-18-10-8-16-28(30)29-17-9-11-19-31(29)32)38-22-27(21-33(38)37(39)44-34)43-35-20-12-15-26(42-35)23-40-25-13-6-4-3-5-7-14-25/h2-11,13-14,16-19,26-27,32-33,35H,1,12,15,20-24H2/b4-3-,5-3?,6-4?,7-5-,13-6-,14-7?,25-13?,25-14+/t26?,27-,33+,35?/m1/s1. The van der Waals surface area contributed by atoms with Gasteiger partial charge in [-0.1, -0.05) is 85.5 Å². The van der Waals surface area contributed by atoms with Crippen molar-refractivity contribution in [2.75, 3.05) is 19.8 Å². The van der Waals surface area contributed by atoms with Crippen LogP contribution in [0.4, 0.5) is 0 Å². The van der Waals surface area contributed by atoms with Crippen LogP contribution in [0.15, 0.2) is 121 Å². The van der Waals surface area contributed by atoms with E-state index in [2.05, 4.69) is 55.1 Å². The molecule has 0 bridgehead atoms. The topological polar surface area (TPSA) is 66.5 Å². The molecule has 2 fully saturated rings. The second-order valence-corrected chi connectivity index (χ2v) is 11.6. The van der Waals surface area contributed by atoms with Gasteiger partial charge < -0.3 is 28.6 Å². The molecule has 226 valence electrons. The number of esters is 1. The van der Waals surface area contributed by atoms with Crippen molar-refractivity contribution in [1.29, 1.82) is 0 Å². The van der Waals surface area contributed by atoms with E-state index in [1.54, 1.807) is 6.08 Å². The quantitative estimate of drug-likeness (QED) is 0.302. The van der Waals surface area contributed by atoms with Gasteiger partial charge in [0, 0.05) is 18.9 Å². The molecule has 5 aliphatic rings. The second-order valence-electron chi connectivity index (χ2n) is 11.6. The molecule has 0 aromatic heterocycles. The minimum absolute atomic E-state index is 0.0645. The maximum Gasteiger partial charge on any atom is 0.334 e. The molecule has 0 amide bonds. The van der Waals surface area contributed by atoms with Crippen molar-refractivity contribution < 1.29 is 28.5 Å². The maximum atomic E-state index is 13.0. The molecular weight excluding hydrogens is 554 g/mol. The summed E-state index contributed by atoms with van der Waals surface area (Å²) in [5.41, 5.74) is 4.95. The fraction of sp³-hybridized carbons (Fsp3) is 0.324. The first kappa shape index (κ1) is 28.4. The molecule has 2 unspecified atom stereocenters. The fourth-order valence-electron chi connectivity index (χ4n) is 6.72. The highest BCUT2D eigenvalue weighted by atomic mass is 16.7. The lowest BCUT2D eigenvalue weighted by Gasteiger charge is -2.33. The molecule has 7 heteroatoms. The molecule has 7 nitrogen and oxygen atoms in total. The Morgan fingerprint density at radius 3 is 2.45 bits per heavy atom. The number of allylic oxidation sites excluding steroid dienone is 8. The smallest absolute Gasteiger partial charge is 0.334 e.